The van der Waals surface area contributed by atoms with Crippen LogP contribution in [0.5, 0.6) is 5.75 Å². The molecule has 0 saturated carbocycles. The van der Waals surface area contributed by atoms with Gasteiger partial charge in [-0.15, -0.1) is 0 Å². The Labute approximate surface area is 191 Å². The minimum Gasteiger partial charge on any atom is -0.495 e. The monoisotopic (exact) mass is 484 g/mol. The molecule has 2 aromatic rings. The largest absolute Gasteiger partial charge is 0.495 e. The summed E-state index contributed by atoms with van der Waals surface area (Å²) in [4.78, 5) is 12.8. The summed E-state index contributed by atoms with van der Waals surface area (Å²) in [6.07, 6.45) is -3.65. The van der Waals surface area contributed by atoms with E-state index in [1.165, 1.54) is 23.5 Å². The van der Waals surface area contributed by atoms with Crippen molar-refractivity contribution in [3.8, 4) is 5.75 Å². The molecule has 0 radical (unpaired) electrons. The lowest BCUT2D eigenvalue weighted by molar-refractivity contribution is -0.137. The van der Waals surface area contributed by atoms with Gasteiger partial charge in [-0.05, 0) is 54.7 Å². The Balaban J connectivity index is 1.80. The van der Waals surface area contributed by atoms with Gasteiger partial charge in [-0.25, -0.2) is 8.42 Å². The molecule has 1 amide bonds. The minimum absolute atomic E-state index is 0.0149. The third-order valence-electron chi connectivity index (χ3n) is 5.68. The first kappa shape index (κ1) is 25.0. The predicted molar refractivity (Wildman–Crippen MR) is 119 cm³/mol. The number of sulfonamides is 1. The van der Waals surface area contributed by atoms with Crippen molar-refractivity contribution in [1.29, 1.82) is 0 Å². The first-order valence-corrected chi connectivity index (χ1v) is 12.0. The Bertz CT molecular complexity index is 1120. The SMILES string of the molecule is COc1ccc(C(C)C)cc1S(=O)(=O)N1CCC[C@H](C(=O)Nc2cccc(C(F)(F)F)c2)C1. The standard InChI is InChI=1S/C23H27F3N2O4S/c1-15(2)16-9-10-20(32-3)21(12-16)33(30,31)28-11-5-6-17(14-28)22(29)27-19-8-4-7-18(13-19)23(24,25)26/h4,7-10,12-13,15,17H,5-6,11,14H2,1-3H3,(H,27,29)/t17-/m0/s1. The quantitative estimate of drug-likeness (QED) is 0.634. The van der Waals surface area contributed by atoms with Crippen molar-refractivity contribution in [1.82, 2.24) is 4.31 Å². The lowest BCUT2D eigenvalue weighted by Crippen LogP contribution is -2.43. The van der Waals surface area contributed by atoms with Gasteiger partial charge < -0.3 is 10.1 Å². The summed E-state index contributed by atoms with van der Waals surface area (Å²) in [6, 6.07) is 9.37. The van der Waals surface area contributed by atoms with Gasteiger partial charge in [-0.3, -0.25) is 4.79 Å². The van der Waals surface area contributed by atoms with E-state index in [-0.39, 0.29) is 35.3 Å². The fourth-order valence-electron chi connectivity index (χ4n) is 3.79. The molecular formula is C23H27F3N2O4S. The molecule has 10 heteroatoms. The normalized spacial score (nSPS) is 17.7. The van der Waals surface area contributed by atoms with E-state index in [2.05, 4.69) is 5.32 Å². The first-order valence-electron chi connectivity index (χ1n) is 10.6. The van der Waals surface area contributed by atoms with Crippen molar-refractivity contribution in [3.05, 3.63) is 53.6 Å². The van der Waals surface area contributed by atoms with Crippen LogP contribution in [0.15, 0.2) is 47.4 Å². The number of alkyl halides is 3. The smallest absolute Gasteiger partial charge is 0.416 e. The van der Waals surface area contributed by atoms with Crippen LogP contribution in [0.3, 0.4) is 0 Å². The average molecular weight is 485 g/mol. The number of nitrogens with zero attached hydrogens (tertiary/aromatic N) is 1. The maximum absolute atomic E-state index is 13.4. The van der Waals surface area contributed by atoms with E-state index >= 15 is 0 Å². The molecule has 0 spiro atoms. The second-order valence-electron chi connectivity index (χ2n) is 8.34. The van der Waals surface area contributed by atoms with Crippen molar-refractivity contribution in [2.45, 2.75) is 43.7 Å². The van der Waals surface area contributed by atoms with Crippen LogP contribution in [0.25, 0.3) is 0 Å². The highest BCUT2D eigenvalue weighted by Gasteiger charge is 2.35. The van der Waals surface area contributed by atoms with Crippen LogP contribution in [0.2, 0.25) is 0 Å². The zero-order valence-electron chi connectivity index (χ0n) is 18.6. The van der Waals surface area contributed by atoms with Crippen LogP contribution >= 0.6 is 0 Å². The summed E-state index contributed by atoms with van der Waals surface area (Å²) >= 11 is 0. The first-order chi connectivity index (χ1) is 15.4. The number of hydrogen-bond donors (Lipinski definition) is 1. The van der Waals surface area contributed by atoms with Gasteiger partial charge in [-0.2, -0.15) is 17.5 Å². The Morgan fingerprint density at radius 3 is 2.55 bits per heavy atom. The molecule has 2 aromatic carbocycles. The highest BCUT2D eigenvalue weighted by atomic mass is 32.2. The molecular weight excluding hydrogens is 457 g/mol. The topological polar surface area (TPSA) is 75.7 Å². The van der Waals surface area contributed by atoms with E-state index in [1.54, 1.807) is 12.1 Å². The number of halogens is 3. The number of carbonyl (C=O) groups is 1. The maximum Gasteiger partial charge on any atom is 0.416 e. The fraction of sp³-hybridized carbons (Fsp3) is 0.435. The van der Waals surface area contributed by atoms with Crippen LogP contribution in [0.1, 0.15) is 43.7 Å². The number of amides is 1. The lowest BCUT2D eigenvalue weighted by atomic mass is 9.98. The van der Waals surface area contributed by atoms with Crippen LogP contribution in [0, 0.1) is 5.92 Å². The molecule has 0 aliphatic carbocycles. The number of nitrogens with one attached hydrogen (secondary N) is 1. The number of piperidine rings is 1. The Morgan fingerprint density at radius 1 is 1.18 bits per heavy atom. The van der Waals surface area contributed by atoms with Gasteiger partial charge in [0.2, 0.25) is 15.9 Å². The van der Waals surface area contributed by atoms with Gasteiger partial charge in [0.25, 0.3) is 0 Å². The Morgan fingerprint density at radius 2 is 1.91 bits per heavy atom. The zero-order valence-corrected chi connectivity index (χ0v) is 19.5. The van der Waals surface area contributed by atoms with Crippen molar-refractivity contribution >= 4 is 21.6 Å². The second-order valence-corrected chi connectivity index (χ2v) is 10.2. The van der Waals surface area contributed by atoms with Crippen LogP contribution in [-0.2, 0) is 21.0 Å². The second kappa shape index (κ2) is 9.72. The summed E-state index contributed by atoms with van der Waals surface area (Å²) in [5.41, 5.74) is -0.0170. The molecule has 1 N–H and O–H groups in total. The summed E-state index contributed by atoms with van der Waals surface area (Å²) in [7, 11) is -2.55. The van der Waals surface area contributed by atoms with Gasteiger partial charge in [-0.1, -0.05) is 26.0 Å². The number of anilines is 1. The van der Waals surface area contributed by atoms with Crippen LogP contribution in [-0.4, -0.2) is 38.8 Å². The van der Waals surface area contributed by atoms with Crippen molar-refractivity contribution in [2.24, 2.45) is 5.92 Å². The molecule has 1 aliphatic heterocycles. The van der Waals surface area contributed by atoms with Crippen LogP contribution in [0.4, 0.5) is 18.9 Å². The molecule has 1 aliphatic rings. The van der Waals surface area contributed by atoms with Crippen LogP contribution < -0.4 is 10.1 Å². The van der Waals surface area contributed by atoms with Gasteiger partial charge in [0.1, 0.15) is 10.6 Å². The maximum atomic E-state index is 13.4. The number of carbonyl (C=O) groups excluding carboxylic acids is 1. The summed E-state index contributed by atoms with van der Waals surface area (Å²) in [5.74, 6) is -0.883. The third-order valence-corrected chi connectivity index (χ3v) is 7.57. The molecule has 1 atom stereocenters. The number of rotatable bonds is 6. The van der Waals surface area contributed by atoms with E-state index in [9.17, 15) is 26.4 Å². The molecule has 1 saturated heterocycles. The van der Waals surface area contributed by atoms with E-state index in [4.69, 9.17) is 4.74 Å². The fourth-order valence-corrected chi connectivity index (χ4v) is 5.50. The van der Waals surface area contributed by atoms with Gasteiger partial charge >= 0.3 is 6.18 Å². The van der Waals surface area contributed by atoms with Gasteiger partial charge in [0.15, 0.2) is 0 Å². The molecule has 1 heterocycles. The highest BCUT2D eigenvalue weighted by molar-refractivity contribution is 7.89. The number of hydrogen-bond acceptors (Lipinski definition) is 4. The molecule has 0 bridgehead atoms. The molecule has 6 nitrogen and oxygen atoms in total. The van der Waals surface area contributed by atoms with Crippen molar-refractivity contribution < 1.29 is 31.1 Å². The molecule has 0 aromatic heterocycles. The van der Waals surface area contributed by atoms with Crippen molar-refractivity contribution in [2.75, 3.05) is 25.5 Å². The van der Waals surface area contributed by atoms with Gasteiger partial charge in [0.05, 0.1) is 18.6 Å². The number of methoxy groups -OCH3 is 1. The Hall–Kier alpha value is -2.59. The molecule has 0 unspecified atom stereocenters. The molecule has 33 heavy (non-hydrogen) atoms. The lowest BCUT2D eigenvalue weighted by Gasteiger charge is -2.31. The summed E-state index contributed by atoms with van der Waals surface area (Å²) < 4.78 is 72.2. The third kappa shape index (κ3) is 5.67. The summed E-state index contributed by atoms with van der Waals surface area (Å²) in [5, 5.41) is 2.50. The van der Waals surface area contributed by atoms with Gasteiger partial charge in [0, 0.05) is 18.8 Å². The molecule has 180 valence electrons. The van der Waals surface area contributed by atoms with E-state index in [0.717, 1.165) is 17.7 Å². The predicted octanol–water partition coefficient (Wildman–Crippen LogP) is 4.88. The van der Waals surface area contributed by atoms with E-state index < -0.39 is 33.6 Å². The zero-order chi connectivity index (χ0) is 24.4. The number of benzene rings is 2. The van der Waals surface area contributed by atoms with E-state index in [1.807, 2.05) is 19.9 Å². The van der Waals surface area contributed by atoms with Crippen molar-refractivity contribution in [3.63, 3.8) is 0 Å². The average Bonchev–Trinajstić information content (AvgIpc) is 2.78. The highest BCUT2D eigenvalue weighted by Crippen LogP contribution is 2.33. The summed E-state index contributed by atoms with van der Waals surface area (Å²) in [6.45, 7) is 4.08. The Kier molecular flexibility index (Phi) is 7.38. The number of ether oxygens (including phenoxy) is 1. The van der Waals surface area contributed by atoms with E-state index in [0.29, 0.717) is 12.8 Å². The minimum atomic E-state index is -4.53. The molecule has 1 fully saturated rings. The molecule has 3 rings (SSSR count).